The van der Waals surface area contributed by atoms with Gasteiger partial charge in [0.25, 0.3) is 7.29 Å². The van der Waals surface area contributed by atoms with E-state index in [-0.39, 0.29) is 5.41 Å². The summed E-state index contributed by atoms with van der Waals surface area (Å²) in [5, 5.41) is 6.26. The quantitative estimate of drug-likeness (QED) is 0.503. The van der Waals surface area contributed by atoms with Crippen molar-refractivity contribution in [3.63, 3.8) is 0 Å². The van der Waals surface area contributed by atoms with Crippen LogP contribution in [0.25, 0.3) is 0 Å². The molecule has 0 bridgehead atoms. The highest BCUT2D eigenvalue weighted by Crippen LogP contribution is 2.64. The zero-order valence-corrected chi connectivity index (χ0v) is 18.3. The summed E-state index contributed by atoms with van der Waals surface area (Å²) in [5.74, 6) is 0. The third kappa shape index (κ3) is 2.54. The second-order valence-electron chi connectivity index (χ2n) is 8.22. The number of hydrogen-bond acceptors (Lipinski definition) is 3. The molecule has 0 aliphatic carbocycles. The Morgan fingerprint density at radius 2 is 1.43 bits per heavy atom. The van der Waals surface area contributed by atoms with Gasteiger partial charge in [0.2, 0.25) is 0 Å². The summed E-state index contributed by atoms with van der Waals surface area (Å²) < 4.78 is 16.7. The van der Waals surface area contributed by atoms with Crippen LogP contribution in [0.1, 0.15) is 19.4 Å². The molecule has 2 aliphatic heterocycles. The summed E-state index contributed by atoms with van der Waals surface area (Å²) >= 11 is 0. The number of fused-ring (bicyclic) bond motifs is 1. The average molecular weight is 413 g/mol. The standard InChI is InChI=1S/C25H24N3OP/c1-25(2)21-16-10-11-17-22(21)27(3)24(25)23-18-26-28(19-12-6-4-7-13-19)30(23,29)20-14-8-5-9-15-20/h4-18H,1-3H3. The van der Waals surface area contributed by atoms with E-state index in [1.54, 1.807) is 11.0 Å². The minimum atomic E-state index is -3.21. The number of para-hydroxylation sites is 2. The Balaban J connectivity index is 1.79. The number of rotatable bonds is 2. The number of hydrazone groups is 1. The molecule has 0 spiro atoms. The Kier molecular flexibility index (Phi) is 4.23. The summed E-state index contributed by atoms with van der Waals surface area (Å²) in [5.41, 5.74) is 3.96. The van der Waals surface area contributed by atoms with Crippen molar-refractivity contribution in [1.29, 1.82) is 0 Å². The van der Waals surface area contributed by atoms with Crippen molar-refractivity contribution >= 4 is 30.2 Å². The molecule has 0 fully saturated rings. The van der Waals surface area contributed by atoms with E-state index in [4.69, 9.17) is 0 Å². The third-order valence-corrected chi connectivity index (χ3v) is 8.93. The van der Waals surface area contributed by atoms with Gasteiger partial charge in [0.15, 0.2) is 0 Å². The maximum Gasteiger partial charge on any atom is 0.252 e. The van der Waals surface area contributed by atoms with Crippen molar-refractivity contribution < 1.29 is 4.57 Å². The fourth-order valence-electron chi connectivity index (χ4n) is 4.69. The topological polar surface area (TPSA) is 35.9 Å². The van der Waals surface area contributed by atoms with Crippen LogP contribution in [0.15, 0.2) is 101 Å². The molecule has 5 heteroatoms. The zero-order chi connectivity index (χ0) is 20.9. The molecule has 3 aromatic rings. The predicted octanol–water partition coefficient (Wildman–Crippen LogP) is 5.74. The predicted molar refractivity (Wildman–Crippen MR) is 126 cm³/mol. The van der Waals surface area contributed by atoms with Crippen molar-refractivity contribution in [2.24, 2.45) is 5.10 Å². The summed E-state index contributed by atoms with van der Waals surface area (Å²) in [6.07, 6.45) is 1.81. The third-order valence-electron chi connectivity index (χ3n) is 6.08. The Bertz CT molecular complexity index is 1220. The van der Waals surface area contributed by atoms with Crippen LogP contribution in [0.3, 0.4) is 0 Å². The molecule has 1 unspecified atom stereocenters. The van der Waals surface area contributed by atoms with Crippen LogP contribution in [0.2, 0.25) is 0 Å². The Morgan fingerprint density at radius 1 is 0.833 bits per heavy atom. The largest absolute Gasteiger partial charge is 0.346 e. The van der Waals surface area contributed by atoms with Gasteiger partial charge in [-0.3, -0.25) is 4.57 Å². The van der Waals surface area contributed by atoms with Crippen LogP contribution in [-0.2, 0) is 9.98 Å². The number of hydrogen-bond donors (Lipinski definition) is 0. The summed E-state index contributed by atoms with van der Waals surface area (Å²) in [6.45, 7) is 4.40. The molecule has 1 atom stereocenters. The van der Waals surface area contributed by atoms with E-state index >= 15 is 0 Å². The number of nitrogens with zero attached hydrogens (tertiary/aromatic N) is 3. The molecule has 0 aromatic heterocycles. The van der Waals surface area contributed by atoms with Gasteiger partial charge in [-0.1, -0.05) is 68.4 Å². The molecular formula is C25H24N3OP. The molecule has 150 valence electrons. The molecule has 2 heterocycles. The van der Waals surface area contributed by atoms with Gasteiger partial charge in [0, 0.05) is 29.2 Å². The lowest BCUT2D eigenvalue weighted by molar-refractivity contribution is 0.582. The molecule has 30 heavy (non-hydrogen) atoms. The summed E-state index contributed by atoms with van der Waals surface area (Å²) in [6, 6.07) is 27.9. The first-order valence-electron chi connectivity index (χ1n) is 10.1. The smallest absolute Gasteiger partial charge is 0.252 e. The Labute approximate surface area is 177 Å². The van der Waals surface area contributed by atoms with Gasteiger partial charge in [0.05, 0.1) is 17.2 Å². The first-order chi connectivity index (χ1) is 14.5. The second kappa shape index (κ2) is 6.72. The molecule has 0 N–H and O–H groups in total. The van der Waals surface area contributed by atoms with Gasteiger partial charge in [-0.2, -0.15) is 5.10 Å². The summed E-state index contributed by atoms with van der Waals surface area (Å²) in [7, 11) is -1.15. The fourth-order valence-corrected chi connectivity index (χ4v) is 7.55. The van der Waals surface area contributed by atoms with Crippen LogP contribution in [-0.4, -0.2) is 13.3 Å². The van der Waals surface area contributed by atoms with E-state index in [1.807, 2.05) is 60.7 Å². The fraction of sp³-hybridized carbons (Fsp3) is 0.160. The molecule has 4 nitrogen and oxygen atoms in total. The molecule has 0 amide bonds. The van der Waals surface area contributed by atoms with Crippen LogP contribution in [0.5, 0.6) is 0 Å². The SMILES string of the molecule is CN1C(=C2C=NN(c3ccccc3)P2(=O)c2ccccc2)C(C)(C)c2ccccc21. The van der Waals surface area contributed by atoms with E-state index in [2.05, 4.69) is 55.2 Å². The highest BCUT2D eigenvalue weighted by molar-refractivity contribution is 7.78. The van der Waals surface area contributed by atoms with Crippen molar-refractivity contribution in [1.82, 2.24) is 0 Å². The van der Waals surface area contributed by atoms with Gasteiger partial charge in [-0.25, -0.2) is 4.78 Å². The van der Waals surface area contributed by atoms with Crippen LogP contribution < -0.4 is 15.0 Å². The lowest BCUT2D eigenvalue weighted by atomic mass is 9.84. The number of allylic oxidation sites excluding steroid dienone is 2. The lowest BCUT2D eigenvalue weighted by Crippen LogP contribution is -2.27. The maximum atomic E-state index is 15.0. The summed E-state index contributed by atoms with van der Waals surface area (Å²) in [4.78, 5) is 2.18. The van der Waals surface area contributed by atoms with Crippen molar-refractivity contribution in [2.45, 2.75) is 19.3 Å². The number of likely N-dealkylation sites (N-methyl/N-ethyl adjacent to an activating group) is 1. The van der Waals surface area contributed by atoms with Crippen LogP contribution in [0.4, 0.5) is 11.4 Å². The molecule has 3 aromatic carbocycles. The van der Waals surface area contributed by atoms with Crippen molar-refractivity contribution in [3.05, 3.63) is 102 Å². The minimum absolute atomic E-state index is 0.288. The van der Waals surface area contributed by atoms with E-state index < -0.39 is 7.29 Å². The van der Waals surface area contributed by atoms with Gasteiger partial charge >= 0.3 is 0 Å². The maximum absolute atomic E-state index is 15.0. The molecule has 0 radical (unpaired) electrons. The molecule has 0 saturated heterocycles. The van der Waals surface area contributed by atoms with Gasteiger partial charge < -0.3 is 4.90 Å². The van der Waals surface area contributed by atoms with Gasteiger partial charge in [0.1, 0.15) is 0 Å². The zero-order valence-electron chi connectivity index (χ0n) is 17.4. The highest BCUT2D eigenvalue weighted by atomic mass is 31.2. The first kappa shape index (κ1) is 18.9. The highest BCUT2D eigenvalue weighted by Gasteiger charge is 2.49. The van der Waals surface area contributed by atoms with E-state index in [0.717, 1.165) is 27.7 Å². The molecule has 5 rings (SSSR count). The number of anilines is 2. The van der Waals surface area contributed by atoms with E-state index in [1.165, 1.54) is 5.56 Å². The molecule has 0 saturated carbocycles. The number of benzene rings is 3. The van der Waals surface area contributed by atoms with Crippen molar-refractivity contribution in [3.8, 4) is 0 Å². The molecule has 2 aliphatic rings. The lowest BCUT2D eigenvalue weighted by Gasteiger charge is -2.31. The monoisotopic (exact) mass is 413 g/mol. The Hall–Kier alpha value is -3.10. The second-order valence-corrected chi connectivity index (χ2v) is 10.7. The molecular weight excluding hydrogens is 389 g/mol. The first-order valence-corrected chi connectivity index (χ1v) is 11.8. The van der Waals surface area contributed by atoms with Crippen LogP contribution in [0, 0.1) is 0 Å². The van der Waals surface area contributed by atoms with E-state index in [9.17, 15) is 4.57 Å². The Morgan fingerprint density at radius 3 is 2.10 bits per heavy atom. The average Bonchev–Trinajstić information content (AvgIpc) is 3.21. The van der Waals surface area contributed by atoms with Crippen molar-refractivity contribution in [2.75, 3.05) is 16.7 Å². The van der Waals surface area contributed by atoms with Gasteiger partial charge in [-0.05, 0) is 35.9 Å². The minimum Gasteiger partial charge on any atom is -0.346 e. The van der Waals surface area contributed by atoms with Gasteiger partial charge in [-0.15, -0.1) is 0 Å². The van der Waals surface area contributed by atoms with Crippen LogP contribution >= 0.6 is 7.29 Å². The normalized spacial score (nSPS) is 24.4. The van der Waals surface area contributed by atoms with E-state index in [0.29, 0.717) is 0 Å².